The van der Waals surface area contributed by atoms with Gasteiger partial charge in [-0.05, 0) is 122 Å². The second-order valence-corrected chi connectivity index (χ2v) is 17.4. The minimum Gasteiger partial charge on any atom is -0.310 e. The van der Waals surface area contributed by atoms with Gasteiger partial charge in [-0.25, -0.2) is 0 Å². The number of hydrogen-bond acceptors (Lipinski definition) is 1. The van der Waals surface area contributed by atoms with Crippen LogP contribution in [-0.2, 0) is 10.8 Å². The van der Waals surface area contributed by atoms with Crippen LogP contribution in [0.15, 0.2) is 194 Å². The highest BCUT2D eigenvalue weighted by Crippen LogP contribution is 2.62. The number of rotatable bonds is 7. The summed E-state index contributed by atoms with van der Waals surface area (Å²) in [4.78, 5) is 2.35. The maximum absolute atomic E-state index is 2.44. The third kappa shape index (κ3) is 5.62. The number of aromatic nitrogens is 1. The van der Waals surface area contributed by atoms with Gasteiger partial charge in [-0.15, -0.1) is 0 Å². The van der Waals surface area contributed by atoms with Crippen LogP contribution < -0.4 is 4.90 Å². The molecule has 0 aliphatic heterocycles. The first-order valence-corrected chi connectivity index (χ1v) is 21.1. The molecule has 0 saturated carbocycles. The third-order valence-corrected chi connectivity index (χ3v) is 13.1. The molecule has 0 spiro atoms. The van der Waals surface area contributed by atoms with Gasteiger partial charge in [-0.3, -0.25) is 0 Å². The van der Waals surface area contributed by atoms with Gasteiger partial charge in [0.15, 0.2) is 0 Å². The van der Waals surface area contributed by atoms with E-state index in [-0.39, 0.29) is 10.8 Å². The Hall–Kier alpha value is -7.16. The number of fused-ring (bicyclic) bond motifs is 7. The van der Waals surface area contributed by atoms with E-state index in [2.05, 4.69) is 243 Å². The van der Waals surface area contributed by atoms with Gasteiger partial charge in [0.25, 0.3) is 0 Å². The Balaban J connectivity index is 0.864. The van der Waals surface area contributed by atoms with Crippen LogP contribution in [0.4, 0.5) is 17.1 Å². The average molecular weight is 771 g/mol. The van der Waals surface area contributed by atoms with Gasteiger partial charge in [-0.2, -0.15) is 0 Å². The van der Waals surface area contributed by atoms with Crippen molar-refractivity contribution in [2.24, 2.45) is 0 Å². The molecular formula is C58H46N2. The molecule has 0 fully saturated rings. The van der Waals surface area contributed by atoms with Crippen molar-refractivity contribution in [1.29, 1.82) is 0 Å². The molecule has 0 unspecified atom stereocenters. The number of para-hydroxylation sites is 3. The van der Waals surface area contributed by atoms with E-state index in [1.807, 2.05) is 0 Å². The van der Waals surface area contributed by atoms with Crippen molar-refractivity contribution in [3.8, 4) is 16.8 Å². The summed E-state index contributed by atoms with van der Waals surface area (Å²) in [6.07, 6.45) is 4.42. The summed E-state index contributed by atoms with van der Waals surface area (Å²) in [5.74, 6) is 0. The van der Waals surface area contributed by atoms with Gasteiger partial charge in [0.1, 0.15) is 0 Å². The van der Waals surface area contributed by atoms with Gasteiger partial charge in [-0.1, -0.05) is 167 Å². The van der Waals surface area contributed by atoms with E-state index in [1.165, 1.54) is 71.9 Å². The average Bonchev–Trinajstić information content (AvgIpc) is 3.85. The molecule has 1 heterocycles. The lowest BCUT2D eigenvalue weighted by Crippen LogP contribution is -2.19. The molecule has 1 aromatic heterocycles. The number of nitrogens with zero attached hydrogens (tertiary/aromatic N) is 2. The zero-order valence-corrected chi connectivity index (χ0v) is 34.5. The molecule has 2 nitrogen and oxygen atoms in total. The molecule has 2 aliphatic rings. The van der Waals surface area contributed by atoms with Gasteiger partial charge in [0, 0.05) is 44.4 Å². The monoisotopic (exact) mass is 770 g/mol. The van der Waals surface area contributed by atoms with E-state index in [1.54, 1.807) is 0 Å². The zero-order chi connectivity index (χ0) is 40.6. The fourth-order valence-electron chi connectivity index (χ4n) is 10.2. The highest BCUT2D eigenvalue weighted by Gasteiger charge is 2.49. The van der Waals surface area contributed by atoms with Crippen LogP contribution in [-0.4, -0.2) is 4.57 Å². The summed E-state index contributed by atoms with van der Waals surface area (Å²) in [6.45, 7) is 9.59. The van der Waals surface area contributed by atoms with Crippen LogP contribution >= 0.6 is 0 Å². The number of hydrogen-bond donors (Lipinski definition) is 0. The number of benzene rings is 8. The van der Waals surface area contributed by atoms with Gasteiger partial charge in [0.05, 0.1) is 11.0 Å². The SMILES string of the molecule is CC1(C)C2=C(c3ccccc31)C(C)(C)c1cc(-c3ccc(C=Cc4ccc(N(c5ccccc5)c5ccc6c(c5)c5ccccc5n6-c5ccccc5)cc4)cc3)ccc12. The lowest BCUT2D eigenvalue weighted by Gasteiger charge is -2.28. The fraction of sp³-hybridized carbons (Fsp3) is 0.103. The Bertz CT molecular complexity index is 3160. The van der Waals surface area contributed by atoms with Crippen LogP contribution in [0.25, 0.3) is 61.9 Å². The highest BCUT2D eigenvalue weighted by atomic mass is 15.1. The van der Waals surface area contributed by atoms with Crippen LogP contribution in [0.2, 0.25) is 0 Å². The Morgan fingerprint density at radius 1 is 0.400 bits per heavy atom. The van der Waals surface area contributed by atoms with Crippen molar-refractivity contribution in [2.75, 3.05) is 4.90 Å². The number of anilines is 3. The van der Waals surface area contributed by atoms with Gasteiger partial charge in [0.2, 0.25) is 0 Å². The van der Waals surface area contributed by atoms with Crippen molar-refractivity contribution in [3.63, 3.8) is 0 Å². The normalized spacial score (nSPS) is 14.8. The molecule has 2 aliphatic carbocycles. The first-order chi connectivity index (χ1) is 29.3. The summed E-state index contributed by atoms with van der Waals surface area (Å²) >= 11 is 0. The van der Waals surface area contributed by atoms with Crippen molar-refractivity contribution in [1.82, 2.24) is 4.57 Å². The first kappa shape index (κ1) is 36.0. The molecule has 288 valence electrons. The summed E-state index contributed by atoms with van der Waals surface area (Å²) in [5.41, 5.74) is 20.4. The topological polar surface area (TPSA) is 8.17 Å². The molecule has 0 atom stereocenters. The van der Waals surface area contributed by atoms with E-state index in [0.29, 0.717) is 0 Å². The van der Waals surface area contributed by atoms with Crippen molar-refractivity contribution in [2.45, 2.75) is 38.5 Å². The quantitative estimate of drug-likeness (QED) is 0.147. The molecule has 11 rings (SSSR count). The van der Waals surface area contributed by atoms with Crippen LogP contribution in [0.1, 0.15) is 61.1 Å². The highest BCUT2D eigenvalue weighted by molar-refractivity contribution is 6.11. The van der Waals surface area contributed by atoms with E-state index >= 15 is 0 Å². The van der Waals surface area contributed by atoms with Crippen molar-refractivity contribution >= 4 is 62.2 Å². The molecule has 0 radical (unpaired) electrons. The Morgan fingerprint density at radius 3 is 1.67 bits per heavy atom. The second kappa shape index (κ2) is 13.7. The minimum absolute atomic E-state index is 0.00698. The Kier molecular flexibility index (Phi) is 8.22. The lowest BCUT2D eigenvalue weighted by molar-refractivity contribution is 0.694. The standard InChI is InChI=1S/C58H46N2/c1-57(2)51-21-13-11-20-48(51)55-56(57)49-35-31-42(37-52(49)58(55,3)4)41-29-25-39(26-30-41)23-24-40-27-32-45(33-28-40)59(43-15-7-5-8-16-43)46-34-36-54-50(38-46)47-19-12-14-22-53(47)60(54)44-17-9-6-10-18-44/h5-38H,1-4H3. The van der Waals surface area contributed by atoms with Crippen molar-refractivity contribution in [3.05, 3.63) is 228 Å². The second-order valence-electron chi connectivity index (χ2n) is 17.4. The Morgan fingerprint density at radius 2 is 0.933 bits per heavy atom. The molecule has 0 N–H and O–H groups in total. The minimum atomic E-state index is -0.0568. The van der Waals surface area contributed by atoms with Gasteiger partial charge >= 0.3 is 0 Å². The van der Waals surface area contributed by atoms with Gasteiger partial charge < -0.3 is 9.47 Å². The first-order valence-electron chi connectivity index (χ1n) is 21.1. The maximum Gasteiger partial charge on any atom is 0.0542 e. The molecule has 0 amide bonds. The van der Waals surface area contributed by atoms with E-state index < -0.39 is 0 Å². The fourth-order valence-corrected chi connectivity index (χ4v) is 10.2. The smallest absolute Gasteiger partial charge is 0.0542 e. The van der Waals surface area contributed by atoms with Crippen LogP contribution in [0.5, 0.6) is 0 Å². The van der Waals surface area contributed by atoms with Crippen molar-refractivity contribution < 1.29 is 0 Å². The van der Waals surface area contributed by atoms with E-state index in [9.17, 15) is 0 Å². The Labute approximate surface area is 353 Å². The maximum atomic E-state index is 2.44. The summed E-state index contributed by atoms with van der Waals surface area (Å²) in [5, 5.41) is 2.47. The molecule has 0 saturated heterocycles. The summed E-state index contributed by atoms with van der Waals surface area (Å²) in [6, 6.07) is 70.9. The van der Waals surface area contributed by atoms with E-state index in [4.69, 9.17) is 0 Å². The molecule has 2 heteroatoms. The van der Waals surface area contributed by atoms with Crippen LogP contribution in [0, 0.1) is 0 Å². The number of allylic oxidation sites excluding steroid dienone is 2. The predicted octanol–water partition coefficient (Wildman–Crippen LogP) is 15.6. The molecular weight excluding hydrogens is 725 g/mol. The lowest BCUT2D eigenvalue weighted by atomic mass is 9.75. The molecule has 9 aromatic rings. The molecule has 60 heavy (non-hydrogen) atoms. The third-order valence-electron chi connectivity index (χ3n) is 13.1. The molecule has 8 aromatic carbocycles. The largest absolute Gasteiger partial charge is 0.310 e. The molecule has 0 bridgehead atoms. The predicted molar refractivity (Wildman–Crippen MR) is 256 cm³/mol. The zero-order valence-electron chi connectivity index (χ0n) is 34.5. The summed E-state index contributed by atoms with van der Waals surface area (Å²) in [7, 11) is 0. The summed E-state index contributed by atoms with van der Waals surface area (Å²) < 4.78 is 2.37. The van der Waals surface area contributed by atoms with E-state index in [0.717, 1.165) is 28.3 Å². The van der Waals surface area contributed by atoms with Crippen LogP contribution in [0.3, 0.4) is 0 Å².